The summed E-state index contributed by atoms with van der Waals surface area (Å²) < 4.78 is 37.2. The van der Waals surface area contributed by atoms with Crippen molar-refractivity contribution >= 4 is 5.97 Å². The lowest BCUT2D eigenvalue weighted by molar-refractivity contribution is 0.0734. The number of carbonyl (C=O) groups is 1. The molecule has 8 heteroatoms. The summed E-state index contributed by atoms with van der Waals surface area (Å²) in [6, 6.07) is 25.9. The largest absolute Gasteiger partial charge is 0.490 e. The molecule has 4 aromatic carbocycles. The van der Waals surface area contributed by atoms with E-state index in [9.17, 15) is 14.4 Å². The molecule has 1 unspecified atom stereocenters. The van der Waals surface area contributed by atoms with Crippen molar-refractivity contribution < 1.29 is 28.1 Å². The van der Waals surface area contributed by atoms with Gasteiger partial charge in [-0.3, -0.25) is 0 Å². The first-order valence-electron chi connectivity index (χ1n) is 13.0. The average Bonchev–Trinajstić information content (AvgIpc) is 2.97. The number of ether oxygens (including phenoxy) is 4. The second-order valence-electron chi connectivity index (χ2n) is 9.40. The Morgan fingerprint density at radius 1 is 1.00 bits per heavy atom. The third kappa shape index (κ3) is 5.85. The van der Waals surface area contributed by atoms with Crippen LogP contribution >= 0.6 is 0 Å². The van der Waals surface area contributed by atoms with Gasteiger partial charge in [-0.05, 0) is 55.8 Å². The van der Waals surface area contributed by atoms with Crippen LogP contribution in [0.3, 0.4) is 0 Å². The average molecular weight is 551 g/mol. The molecule has 1 heterocycles. The summed E-state index contributed by atoms with van der Waals surface area (Å²) >= 11 is 0. The zero-order valence-electron chi connectivity index (χ0n) is 22.5. The van der Waals surface area contributed by atoms with Crippen LogP contribution in [-0.4, -0.2) is 12.6 Å². The van der Waals surface area contributed by atoms with Gasteiger partial charge in [0.25, 0.3) is 0 Å². The minimum Gasteiger partial charge on any atom is -0.490 e. The molecular formula is C33H27FN2O5. The molecule has 1 aliphatic heterocycles. The monoisotopic (exact) mass is 550 g/mol. The first kappa shape index (κ1) is 27.3. The van der Waals surface area contributed by atoms with Crippen molar-refractivity contribution in [2.24, 2.45) is 5.73 Å². The van der Waals surface area contributed by atoms with Crippen LogP contribution in [0.1, 0.15) is 45.5 Å². The highest BCUT2D eigenvalue weighted by atomic mass is 19.1. The molecule has 2 N–H and O–H groups in total. The Hall–Kier alpha value is -5.29. The molecule has 0 fully saturated rings. The number of hydrogen-bond acceptors (Lipinski definition) is 7. The summed E-state index contributed by atoms with van der Waals surface area (Å²) in [4.78, 5) is 12.6. The number of nitrogens with zero attached hydrogens (tertiary/aromatic N) is 1. The van der Waals surface area contributed by atoms with E-state index in [4.69, 9.17) is 24.7 Å². The van der Waals surface area contributed by atoms with Gasteiger partial charge in [-0.25, -0.2) is 9.18 Å². The highest BCUT2D eigenvalue weighted by Gasteiger charge is 2.32. The number of carbonyl (C=O) groups excluding carboxylic acids is 1. The van der Waals surface area contributed by atoms with E-state index in [2.05, 4.69) is 6.07 Å². The van der Waals surface area contributed by atoms with Gasteiger partial charge < -0.3 is 24.7 Å². The Bertz CT molecular complexity index is 1670. The van der Waals surface area contributed by atoms with Crippen molar-refractivity contribution in [3.63, 3.8) is 0 Å². The molecule has 41 heavy (non-hydrogen) atoms. The fourth-order valence-electron chi connectivity index (χ4n) is 4.56. The maximum absolute atomic E-state index is 14.1. The number of halogens is 1. The number of rotatable bonds is 8. The summed E-state index contributed by atoms with van der Waals surface area (Å²) in [5, 5.41) is 9.97. The van der Waals surface area contributed by atoms with E-state index in [-0.39, 0.29) is 29.6 Å². The fraction of sp³-hybridized carbons (Fsp3) is 0.152. The Morgan fingerprint density at radius 2 is 1.78 bits per heavy atom. The lowest BCUT2D eigenvalue weighted by Crippen LogP contribution is -2.21. The number of fused-ring (bicyclic) bond motifs is 1. The lowest BCUT2D eigenvalue weighted by Gasteiger charge is -2.27. The summed E-state index contributed by atoms with van der Waals surface area (Å²) in [6.07, 6.45) is 0. The molecule has 7 nitrogen and oxygen atoms in total. The van der Waals surface area contributed by atoms with Crippen molar-refractivity contribution in [2.45, 2.75) is 26.4 Å². The zero-order valence-corrected chi connectivity index (χ0v) is 22.5. The molecule has 0 saturated carbocycles. The smallest absolute Gasteiger partial charge is 0.343 e. The highest BCUT2D eigenvalue weighted by Crippen LogP contribution is 2.45. The van der Waals surface area contributed by atoms with Crippen molar-refractivity contribution in [1.82, 2.24) is 0 Å². The van der Waals surface area contributed by atoms with Crippen LogP contribution in [0.5, 0.6) is 23.0 Å². The zero-order chi connectivity index (χ0) is 28.9. The minimum absolute atomic E-state index is 0.0204. The molecule has 5 rings (SSSR count). The van der Waals surface area contributed by atoms with Crippen molar-refractivity contribution in [3.05, 3.63) is 130 Å². The molecule has 1 atom stereocenters. The van der Waals surface area contributed by atoms with Crippen LogP contribution in [0.15, 0.2) is 96.4 Å². The number of nitrogens with two attached hydrogens (primary N) is 1. The second-order valence-corrected chi connectivity index (χ2v) is 9.40. The summed E-state index contributed by atoms with van der Waals surface area (Å²) in [7, 11) is 0. The molecule has 0 radical (unpaired) electrons. The molecular weight excluding hydrogens is 523 g/mol. The Labute approximate surface area is 237 Å². The van der Waals surface area contributed by atoms with Gasteiger partial charge in [0.15, 0.2) is 11.5 Å². The molecule has 1 aliphatic rings. The molecule has 206 valence electrons. The number of allylic oxidation sites excluding steroid dienone is 1. The van der Waals surface area contributed by atoms with Crippen LogP contribution in [0, 0.1) is 24.1 Å². The Morgan fingerprint density at radius 3 is 2.51 bits per heavy atom. The van der Waals surface area contributed by atoms with Gasteiger partial charge in [-0.1, -0.05) is 48.0 Å². The SMILES string of the molecule is CCOc1cc(C2C(C#N)=C(N)Oc3cc(OC(=O)c4ccc(C)cc4)ccc32)ccc1OCc1ccccc1F. The first-order chi connectivity index (χ1) is 19.9. The molecule has 0 spiro atoms. The summed E-state index contributed by atoms with van der Waals surface area (Å²) in [5.74, 6) is 0.00537. The van der Waals surface area contributed by atoms with Gasteiger partial charge in [0.1, 0.15) is 35.6 Å². The third-order valence-corrected chi connectivity index (χ3v) is 6.63. The third-order valence-electron chi connectivity index (χ3n) is 6.63. The number of nitriles is 1. The molecule has 0 aliphatic carbocycles. The predicted molar refractivity (Wildman–Crippen MR) is 150 cm³/mol. The van der Waals surface area contributed by atoms with E-state index in [1.165, 1.54) is 6.07 Å². The minimum atomic E-state index is -0.578. The summed E-state index contributed by atoms with van der Waals surface area (Å²) in [5.41, 5.74) is 9.63. The second kappa shape index (κ2) is 11.8. The standard InChI is InChI=1S/C33H27FN2O5/c1-3-38-30-16-22(12-15-28(30)39-19-23-6-4-5-7-27(23)34)31-25-14-13-24(17-29(25)41-32(36)26(31)18-35)40-33(37)21-10-8-20(2)9-11-21/h4-17,31H,3,19,36H2,1-2H3. The van der Waals surface area contributed by atoms with Gasteiger partial charge >= 0.3 is 5.97 Å². The maximum Gasteiger partial charge on any atom is 0.343 e. The fourth-order valence-corrected chi connectivity index (χ4v) is 4.56. The van der Waals surface area contributed by atoms with Crippen LogP contribution in [-0.2, 0) is 6.61 Å². The molecule has 0 saturated heterocycles. The topological polar surface area (TPSA) is 104 Å². The van der Waals surface area contributed by atoms with Crippen LogP contribution in [0.25, 0.3) is 0 Å². The van der Waals surface area contributed by atoms with E-state index in [1.807, 2.05) is 26.0 Å². The van der Waals surface area contributed by atoms with E-state index in [0.717, 1.165) is 5.56 Å². The van der Waals surface area contributed by atoms with Gasteiger partial charge in [0.05, 0.1) is 18.1 Å². The lowest BCUT2D eigenvalue weighted by atomic mass is 9.83. The van der Waals surface area contributed by atoms with Crippen molar-refractivity contribution in [2.75, 3.05) is 6.61 Å². The molecule has 4 aromatic rings. The van der Waals surface area contributed by atoms with E-state index < -0.39 is 11.9 Å². The number of aryl methyl sites for hydroxylation is 1. The molecule has 0 bridgehead atoms. The summed E-state index contributed by atoms with van der Waals surface area (Å²) in [6.45, 7) is 4.16. The quantitative estimate of drug-likeness (QED) is 0.196. The van der Waals surface area contributed by atoms with Gasteiger partial charge in [-0.15, -0.1) is 0 Å². The van der Waals surface area contributed by atoms with Gasteiger partial charge in [0, 0.05) is 17.2 Å². The van der Waals surface area contributed by atoms with Gasteiger partial charge in [0.2, 0.25) is 5.88 Å². The molecule has 0 amide bonds. The van der Waals surface area contributed by atoms with Crippen LogP contribution < -0.4 is 24.7 Å². The highest BCUT2D eigenvalue weighted by molar-refractivity contribution is 5.91. The van der Waals surface area contributed by atoms with Crippen LogP contribution in [0.4, 0.5) is 4.39 Å². The maximum atomic E-state index is 14.1. The number of esters is 1. The Balaban J connectivity index is 1.45. The predicted octanol–water partition coefficient (Wildman–Crippen LogP) is 6.55. The molecule has 0 aromatic heterocycles. The van der Waals surface area contributed by atoms with Crippen molar-refractivity contribution in [3.8, 4) is 29.1 Å². The Kier molecular flexibility index (Phi) is 7.88. The van der Waals surface area contributed by atoms with E-state index in [0.29, 0.717) is 46.1 Å². The normalized spacial score (nSPS) is 14.0. The van der Waals surface area contributed by atoms with Crippen LogP contribution in [0.2, 0.25) is 0 Å². The number of benzene rings is 4. The first-order valence-corrected chi connectivity index (χ1v) is 13.0. The van der Waals surface area contributed by atoms with E-state index >= 15 is 0 Å². The van der Waals surface area contributed by atoms with E-state index in [1.54, 1.807) is 66.7 Å². The van der Waals surface area contributed by atoms with Crippen molar-refractivity contribution in [1.29, 1.82) is 5.26 Å². The number of hydrogen-bond donors (Lipinski definition) is 1. The van der Waals surface area contributed by atoms with Gasteiger partial charge in [-0.2, -0.15) is 5.26 Å².